The Morgan fingerprint density at radius 3 is 2.32 bits per heavy atom. The van der Waals surface area contributed by atoms with E-state index in [-0.39, 0.29) is 17.9 Å². The minimum atomic E-state index is -0.996. The third-order valence-corrected chi connectivity index (χ3v) is 7.52. The van der Waals surface area contributed by atoms with Crippen molar-refractivity contribution in [3.8, 4) is 21.7 Å². The number of aliphatic carboxylic acids is 1. The second kappa shape index (κ2) is 9.99. The van der Waals surface area contributed by atoms with Gasteiger partial charge in [0.2, 0.25) is 0 Å². The molecule has 2 heterocycles. The number of aromatic nitrogens is 1. The molecule has 0 saturated carbocycles. The van der Waals surface area contributed by atoms with Gasteiger partial charge in [-0.25, -0.2) is 9.78 Å². The molecule has 4 aromatic rings. The van der Waals surface area contributed by atoms with Crippen LogP contribution in [-0.4, -0.2) is 38.8 Å². The number of nitrogens with zero attached hydrogens (tertiary/aromatic N) is 2. The molecular formula is C29H25N3O4S. The van der Waals surface area contributed by atoms with E-state index in [2.05, 4.69) is 10.3 Å². The molecule has 3 aromatic carbocycles. The summed E-state index contributed by atoms with van der Waals surface area (Å²) in [5, 5.41) is 15.3. The van der Waals surface area contributed by atoms with E-state index in [1.165, 1.54) is 4.90 Å². The number of fused-ring (bicyclic) bond motifs is 1. The molecule has 2 N–H and O–H groups in total. The molecule has 1 aliphatic rings. The molecule has 5 rings (SSSR count). The molecule has 0 fully saturated rings. The van der Waals surface area contributed by atoms with Crippen molar-refractivity contribution in [1.82, 2.24) is 9.88 Å². The first-order chi connectivity index (χ1) is 17.9. The Hall–Kier alpha value is -4.30. The zero-order chi connectivity index (χ0) is 26.1. The average Bonchev–Trinajstić information content (AvgIpc) is 3.53. The highest BCUT2D eigenvalue weighted by Gasteiger charge is 2.40. The molecule has 0 aliphatic carbocycles. The zero-order valence-corrected chi connectivity index (χ0v) is 21.2. The predicted octanol–water partition coefficient (Wildman–Crippen LogP) is 6.11. The maximum absolute atomic E-state index is 13.1. The summed E-state index contributed by atoms with van der Waals surface area (Å²) >= 11 is 1.55. The number of carbonyl (C=O) groups is 3. The van der Waals surface area contributed by atoms with Crippen molar-refractivity contribution in [2.45, 2.75) is 32.4 Å². The molecule has 0 spiro atoms. The highest BCUT2D eigenvalue weighted by Crippen LogP contribution is 2.38. The third-order valence-electron chi connectivity index (χ3n) is 6.70. The molecular weight excluding hydrogens is 486 g/mol. The Morgan fingerprint density at radius 1 is 1.03 bits per heavy atom. The van der Waals surface area contributed by atoms with Gasteiger partial charge in [0.15, 0.2) is 0 Å². The summed E-state index contributed by atoms with van der Waals surface area (Å²) in [5.41, 5.74) is 5.27. The van der Waals surface area contributed by atoms with Crippen LogP contribution in [-0.2, 0) is 4.79 Å². The van der Waals surface area contributed by atoms with Crippen LogP contribution in [0.3, 0.4) is 0 Å². The number of carbonyl (C=O) groups excluding carboxylic acids is 2. The largest absolute Gasteiger partial charge is 0.480 e. The topological polar surface area (TPSA) is 99.6 Å². The number of benzene rings is 3. The van der Waals surface area contributed by atoms with Gasteiger partial charge in [0, 0.05) is 34.0 Å². The van der Waals surface area contributed by atoms with Gasteiger partial charge in [-0.2, -0.15) is 0 Å². The first-order valence-electron chi connectivity index (χ1n) is 12.0. The van der Waals surface area contributed by atoms with Crippen LogP contribution in [0, 0.1) is 0 Å². The number of carboxylic acid groups (broad SMARTS) is 1. The molecule has 37 heavy (non-hydrogen) atoms. The molecule has 2 amide bonds. The number of hydrogen-bond acceptors (Lipinski definition) is 5. The number of rotatable bonds is 7. The average molecular weight is 512 g/mol. The van der Waals surface area contributed by atoms with Gasteiger partial charge in [0.25, 0.3) is 11.8 Å². The van der Waals surface area contributed by atoms with E-state index in [0.29, 0.717) is 23.2 Å². The number of anilines is 1. The van der Waals surface area contributed by atoms with Gasteiger partial charge in [0.1, 0.15) is 11.0 Å². The second-order valence-electron chi connectivity index (χ2n) is 8.90. The van der Waals surface area contributed by atoms with Crippen LogP contribution in [0.4, 0.5) is 5.69 Å². The zero-order valence-electron chi connectivity index (χ0n) is 20.3. The number of carboxylic acids is 1. The number of thiazole rings is 1. The van der Waals surface area contributed by atoms with Crippen molar-refractivity contribution in [1.29, 1.82) is 0 Å². The summed E-state index contributed by atoms with van der Waals surface area (Å²) in [6.45, 7) is 3.63. The van der Waals surface area contributed by atoms with Gasteiger partial charge in [-0.1, -0.05) is 43.3 Å². The number of hydrogen-bond donors (Lipinski definition) is 2. The minimum absolute atomic E-state index is 0.209. The monoisotopic (exact) mass is 511 g/mol. The number of nitrogens with one attached hydrogen (secondary N) is 1. The van der Waals surface area contributed by atoms with Gasteiger partial charge >= 0.3 is 5.97 Å². The van der Waals surface area contributed by atoms with Gasteiger partial charge < -0.3 is 15.3 Å². The summed E-state index contributed by atoms with van der Waals surface area (Å²) in [6.07, 6.45) is 2.09. The van der Waals surface area contributed by atoms with Gasteiger partial charge in [-0.15, -0.1) is 11.3 Å². The van der Waals surface area contributed by atoms with Crippen molar-refractivity contribution < 1.29 is 19.5 Å². The van der Waals surface area contributed by atoms with Crippen LogP contribution in [0.2, 0.25) is 0 Å². The van der Waals surface area contributed by atoms with E-state index >= 15 is 0 Å². The molecule has 2 atom stereocenters. The molecule has 1 aromatic heterocycles. The van der Waals surface area contributed by atoms with Crippen LogP contribution in [0.25, 0.3) is 21.7 Å². The fourth-order valence-electron chi connectivity index (χ4n) is 4.73. The lowest BCUT2D eigenvalue weighted by molar-refractivity contribution is -0.143. The Labute approximate surface area is 218 Å². The van der Waals surface area contributed by atoms with Crippen molar-refractivity contribution in [2.24, 2.45) is 0 Å². The fraction of sp³-hybridized carbons (Fsp3) is 0.172. The van der Waals surface area contributed by atoms with Gasteiger partial charge in [-0.3, -0.25) is 9.59 Å². The summed E-state index contributed by atoms with van der Waals surface area (Å²) in [4.78, 5) is 43.2. The van der Waals surface area contributed by atoms with Crippen molar-refractivity contribution >= 4 is 34.8 Å². The summed E-state index contributed by atoms with van der Waals surface area (Å²) in [7, 11) is 0. The summed E-state index contributed by atoms with van der Waals surface area (Å²) in [6, 6.07) is 19.2. The molecule has 1 unspecified atom stereocenters. The number of amides is 2. The summed E-state index contributed by atoms with van der Waals surface area (Å²) < 4.78 is 0. The van der Waals surface area contributed by atoms with Gasteiger partial charge in [-0.05, 0) is 60.4 Å². The highest BCUT2D eigenvalue weighted by molar-refractivity contribution is 7.13. The van der Waals surface area contributed by atoms with Crippen LogP contribution < -0.4 is 5.32 Å². The molecule has 8 heteroatoms. The maximum atomic E-state index is 13.1. The van der Waals surface area contributed by atoms with E-state index in [4.69, 9.17) is 0 Å². The van der Waals surface area contributed by atoms with Crippen LogP contribution >= 0.6 is 11.3 Å². The Kier molecular flexibility index (Phi) is 6.58. The molecule has 7 nitrogen and oxygen atoms in total. The molecule has 0 radical (unpaired) electrons. The maximum Gasteiger partial charge on any atom is 0.326 e. The summed E-state index contributed by atoms with van der Waals surface area (Å²) in [5.74, 6) is -1.47. The fourth-order valence-corrected chi connectivity index (χ4v) is 5.38. The lowest BCUT2D eigenvalue weighted by Crippen LogP contribution is -2.42. The van der Waals surface area contributed by atoms with E-state index in [0.717, 1.165) is 27.3 Å². The van der Waals surface area contributed by atoms with Gasteiger partial charge in [0.05, 0.1) is 6.04 Å². The quantitative estimate of drug-likeness (QED) is 0.312. The normalized spacial score (nSPS) is 15.4. The third kappa shape index (κ3) is 4.63. The van der Waals surface area contributed by atoms with Crippen molar-refractivity contribution in [2.75, 3.05) is 5.32 Å². The van der Waals surface area contributed by atoms with Crippen LogP contribution in [0.1, 0.15) is 52.6 Å². The van der Waals surface area contributed by atoms with E-state index in [1.54, 1.807) is 36.6 Å². The Morgan fingerprint density at radius 2 is 1.70 bits per heavy atom. The lowest BCUT2D eigenvalue weighted by Gasteiger charge is -2.28. The van der Waals surface area contributed by atoms with Crippen LogP contribution in [0.15, 0.2) is 78.3 Å². The molecule has 0 bridgehead atoms. The Bertz CT molecular complexity index is 1460. The SMILES string of the molecule is CCC(C(=O)O)N1C(=O)c2cc(-c3ccc(NC(=O)c4ccc(-c5nccs5)cc4)cc3)ccc2[C@@H]1C. The Balaban J connectivity index is 1.30. The van der Waals surface area contributed by atoms with E-state index in [9.17, 15) is 19.5 Å². The van der Waals surface area contributed by atoms with E-state index in [1.807, 2.05) is 66.9 Å². The first kappa shape index (κ1) is 24.4. The van der Waals surface area contributed by atoms with E-state index < -0.39 is 12.0 Å². The highest BCUT2D eigenvalue weighted by atomic mass is 32.1. The second-order valence-corrected chi connectivity index (χ2v) is 9.79. The first-order valence-corrected chi connectivity index (χ1v) is 12.9. The molecule has 0 saturated heterocycles. The predicted molar refractivity (Wildman–Crippen MR) is 144 cm³/mol. The molecule has 186 valence electrons. The smallest absolute Gasteiger partial charge is 0.326 e. The standard InChI is InChI=1S/C29H25N3O4S/c1-3-25(29(35)36)32-17(2)23-13-10-21(16-24(23)28(32)34)18-8-11-22(12-9-18)31-26(33)19-4-6-20(7-5-19)27-30-14-15-37-27/h4-17,25H,3H2,1-2H3,(H,31,33)(H,35,36)/t17-,25?/m0/s1. The minimum Gasteiger partial charge on any atom is -0.480 e. The van der Waals surface area contributed by atoms with Crippen molar-refractivity contribution in [3.05, 3.63) is 95.0 Å². The lowest BCUT2D eigenvalue weighted by atomic mass is 9.98. The molecule has 1 aliphatic heterocycles. The van der Waals surface area contributed by atoms with Crippen molar-refractivity contribution in [3.63, 3.8) is 0 Å². The van der Waals surface area contributed by atoms with Crippen LogP contribution in [0.5, 0.6) is 0 Å².